The van der Waals surface area contributed by atoms with E-state index in [0.717, 1.165) is 10.8 Å². The van der Waals surface area contributed by atoms with E-state index < -0.39 is 66.1 Å². The third-order valence-electron chi connectivity index (χ3n) is 10.7. The molecule has 2 N–H and O–H groups in total. The van der Waals surface area contributed by atoms with Gasteiger partial charge in [0.2, 0.25) is 11.8 Å². The van der Waals surface area contributed by atoms with Gasteiger partial charge in [0, 0.05) is 18.7 Å². The number of aliphatic hydroxyl groups is 1. The molecule has 8 rings (SSSR count). The Kier molecular flexibility index (Phi) is 8.94. The molecule has 0 aromatic heterocycles. The normalized spacial score (nSPS) is 28.8. The molecule has 0 unspecified atom stereocenters. The van der Waals surface area contributed by atoms with Gasteiger partial charge >= 0.3 is 5.97 Å². The van der Waals surface area contributed by atoms with Gasteiger partial charge in [-0.15, -0.1) is 0 Å². The molecule has 4 aromatic carbocycles. The van der Waals surface area contributed by atoms with Crippen molar-refractivity contribution < 1.29 is 33.8 Å². The number of allylic oxidation sites excluding steroid dienone is 1. The lowest BCUT2D eigenvalue weighted by molar-refractivity contribution is -0.160. The van der Waals surface area contributed by atoms with Crippen LogP contribution in [-0.2, 0) is 28.7 Å². The number of ether oxygens (including phenoxy) is 2. The standard InChI is InChI=1S/C42H39N3O7/c46-26-32(28-13-4-1-5-14-28)45-38-40(49)44(31-20-19-27-12-9-10-17-30(27)24-31)23-11-3-8-18-35(47)43-25-34(29-15-6-2-7-16-29)51-41(50)36-33-21-22-42(38,52-33)37(36)39(45)48/h1-7,9-17,19-22,24,32-34,36-38,46H,8,18,23,25-26H2,(H,43,47)/b11-3-/t32-,33+,34+,36-,37-,38+,42-/m1/s1. The van der Waals surface area contributed by atoms with Crippen molar-refractivity contribution >= 4 is 40.2 Å². The molecule has 1 spiro atoms. The molecule has 4 aliphatic rings. The summed E-state index contributed by atoms with van der Waals surface area (Å²) in [5.41, 5.74) is 0.429. The number of esters is 1. The number of fused-ring (bicyclic) bond motifs is 3. The molecule has 4 aromatic rings. The molecule has 10 nitrogen and oxygen atoms in total. The molecule has 2 saturated heterocycles. The summed E-state index contributed by atoms with van der Waals surface area (Å²) in [5, 5.41) is 15.8. The second-order valence-corrected chi connectivity index (χ2v) is 13.7. The highest BCUT2D eigenvalue weighted by Gasteiger charge is 2.74. The number of nitrogens with one attached hydrogen (secondary N) is 1. The molecule has 10 heteroatoms. The SMILES string of the molecule is O=C1CC/C=C\CN(c2ccc3ccccc3c2)C(=O)[C@@H]2N([C@H](CO)c3ccccc3)C(=O)[C@H]3[C@H](C(=O)O[C@H](c4ccccc4)CN1)[C@@H]1C=C[C@]23O1. The number of likely N-dealkylation sites (tertiary alicyclic amines) is 1. The van der Waals surface area contributed by atoms with Crippen molar-refractivity contribution in [3.63, 3.8) is 0 Å². The Balaban J connectivity index is 1.26. The third-order valence-corrected chi connectivity index (χ3v) is 10.7. The lowest BCUT2D eigenvalue weighted by Crippen LogP contribution is -2.57. The number of anilines is 1. The van der Waals surface area contributed by atoms with Crippen LogP contribution >= 0.6 is 0 Å². The van der Waals surface area contributed by atoms with E-state index in [1.165, 1.54) is 4.90 Å². The van der Waals surface area contributed by atoms with Gasteiger partial charge in [-0.1, -0.05) is 115 Å². The number of benzene rings is 4. The summed E-state index contributed by atoms with van der Waals surface area (Å²) in [4.78, 5) is 60.6. The first kappa shape index (κ1) is 33.6. The van der Waals surface area contributed by atoms with E-state index in [-0.39, 0.29) is 25.4 Å². The summed E-state index contributed by atoms with van der Waals surface area (Å²) in [6.07, 6.45) is 6.17. The molecule has 0 aliphatic carbocycles. The van der Waals surface area contributed by atoms with Crippen LogP contribution in [0.5, 0.6) is 0 Å². The van der Waals surface area contributed by atoms with E-state index in [1.807, 2.05) is 115 Å². The number of carbonyl (C=O) groups excluding carboxylic acids is 4. The first-order valence-electron chi connectivity index (χ1n) is 17.7. The van der Waals surface area contributed by atoms with Gasteiger partial charge in [-0.05, 0) is 40.5 Å². The summed E-state index contributed by atoms with van der Waals surface area (Å²) < 4.78 is 12.8. The molecular weight excluding hydrogens is 658 g/mol. The van der Waals surface area contributed by atoms with Gasteiger partial charge < -0.3 is 29.7 Å². The molecule has 52 heavy (non-hydrogen) atoms. The number of amides is 3. The quantitative estimate of drug-likeness (QED) is 0.227. The lowest BCUT2D eigenvalue weighted by Gasteiger charge is -2.39. The Hall–Kier alpha value is -5.58. The molecule has 3 amide bonds. The van der Waals surface area contributed by atoms with Crippen molar-refractivity contribution in [2.45, 2.75) is 42.7 Å². The number of nitrogens with zero attached hydrogens (tertiary/aromatic N) is 2. The maximum absolute atomic E-state index is 15.4. The van der Waals surface area contributed by atoms with Crippen LogP contribution in [0.25, 0.3) is 10.8 Å². The highest BCUT2D eigenvalue weighted by Crippen LogP contribution is 2.57. The Morgan fingerprint density at radius 2 is 1.58 bits per heavy atom. The molecule has 4 heterocycles. The van der Waals surface area contributed by atoms with E-state index in [2.05, 4.69) is 5.32 Å². The molecule has 264 valence electrons. The third kappa shape index (κ3) is 5.78. The minimum Gasteiger partial charge on any atom is -0.455 e. The van der Waals surface area contributed by atoms with Gasteiger partial charge in [0.1, 0.15) is 23.7 Å². The van der Waals surface area contributed by atoms with Crippen molar-refractivity contribution in [3.05, 3.63) is 139 Å². The van der Waals surface area contributed by atoms with E-state index >= 15 is 4.79 Å². The molecular formula is C42H39N3O7. The van der Waals surface area contributed by atoms with Crippen LogP contribution in [-0.4, -0.2) is 71.1 Å². The fourth-order valence-electron chi connectivity index (χ4n) is 8.26. The highest BCUT2D eigenvalue weighted by molar-refractivity contribution is 6.06. The summed E-state index contributed by atoms with van der Waals surface area (Å²) >= 11 is 0. The minimum atomic E-state index is -1.51. The maximum Gasteiger partial charge on any atom is 0.313 e. The number of carbonyl (C=O) groups is 4. The zero-order valence-electron chi connectivity index (χ0n) is 28.4. The van der Waals surface area contributed by atoms with E-state index in [9.17, 15) is 19.5 Å². The van der Waals surface area contributed by atoms with Crippen molar-refractivity contribution in [1.29, 1.82) is 0 Å². The maximum atomic E-state index is 15.4. The van der Waals surface area contributed by atoms with Gasteiger partial charge in [-0.3, -0.25) is 19.2 Å². The number of hydrogen-bond acceptors (Lipinski definition) is 7. The Morgan fingerprint density at radius 3 is 2.35 bits per heavy atom. The second kappa shape index (κ2) is 13.9. The molecule has 5 bridgehead atoms. The fraction of sp³-hybridized carbons (Fsp3) is 0.286. The Labute approximate surface area is 301 Å². The predicted octanol–water partition coefficient (Wildman–Crippen LogP) is 4.81. The van der Waals surface area contributed by atoms with E-state index in [1.54, 1.807) is 17.1 Å². The minimum absolute atomic E-state index is 0.0414. The van der Waals surface area contributed by atoms with Crippen LogP contribution in [0.3, 0.4) is 0 Å². The van der Waals surface area contributed by atoms with Gasteiger partial charge in [0.15, 0.2) is 0 Å². The molecule has 4 aliphatic heterocycles. The van der Waals surface area contributed by atoms with E-state index in [0.29, 0.717) is 23.2 Å². The second-order valence-electron chi connectivity index (χ2n) is 13.7. The Morgan fingerprint density at radius 1 is 0.846 bits per heavy atom. The molecule has 0 saturated carbocycles. The molecule has 2 fully saturated rings. The van der Waals surface area contributed by atoms with Crippen molar-refractivity contribution in [2.75, 3.05) is 24.6 Å². The van der Waals surface area contributed by atoms with Crippen LogP contribution in [0.4, 0.5) is 5.69 Å². The van der Waals surface area contributed by atoms with Crippen LogP contribution in [0.15, 0.2) is 127 Å². The number of rotatable bonds is 5. The summed E-state index contributed by atoms with van der Waals surface area (Å²) in [6.45, 7) is -0.280. The van der Waals surface area contributed by atoms with Crippen LogP contribution < -0.4 is 10.2 Å². The first-order chi connectivity index (χ1) is 25.4. The van der Waals surface area contributed by atoms with Gasteiger partial charge in [0.05, 0.1) is 31.2 Å². The smallest absolute Gasteiger partial charge is 0.313 e. The van der Waals surface area contributed by atoms with Crippen molar-refractivity contribution in [3.8, 4) is 0 Å². The highest BCUT2D eigenvalue weighted by atomic mass is 16.6. The number of aliphatic hydroxyl groups excluding tert-OH is 1. The van der Waals surface area contributed by atoms with Gasteiger partial charge in [0.25, 0.3) is 5.91 Å². The molecule has 0 radical (unpaired) electrons. The predicted molar refractivity (Wildman–Crippen MR) is 194 cm³/mol. The van der Waals surface area contributed by atoms with E-state index in [4.69, 9.17) is 9.47 Å². The number of cyclic esters (lactones) is 1. The zero-order valence-corrected chi connectivity index (χ0v) is 28.4. The van der Waals surface area contributed by atoms with Gasteiger partial charge in [-0.25, -0.2) is 0 Å². The first-order valence-corrected chi connectivity index (χ1v) is 17.7. The van der Waals surface area contributed by atoms with Crippen molar-refractivity contribution in [2.24, 2.45) is 11.8 Å². The van der Waals surface area contributed by atoms with Crippen LogP contribution in [0.2, 0.25) is 0 Å². The monoisotopic (exact) mass is 697 g/mol. The molecule has 7 atom stereocenters. The van der Waals surface area contributed by atoms with Crippen LogP contribution in [0, 0.1) is 11.8 Å². The topological polar surface area (TPSA) is 125 Å². The Bertz CT molecular complexity index is 2070. The summed E-state index contributed by atoms with van der Waals surface area (Å²) in [6, 6.07) is 29.7. The zero-order chi connectivity index (χ0) is 35.8. The fourth-order valence-corrected chi connectivity index (χ4v) is 8.26. The average Bonchev–Trinajstić information content (AvgIpc) is 3.82. The summed E-state index contributed by atoms with van der Waals surface area (Å²) in [5.74, 6) is -3.94. The lowest BCUT2D eigenvalue weighted by atomic mass is 9.74. The average molecular weight is 698 g/mol. The van der Waals surface area contributed by atoms with Crippen LogP contribution in [0.1, 0.15) is 36.1 Å². The van der Waals surface area contributed by atoms with Gasteiger partial charge in [-0.2, -0.15) is 0 Å². The number of hydrogen-bond donors (Lipinski definition) is 2. The summed E-state index contributed by atoms with van der Waals surface area (Å²) in [7, 11) is 0. The largest absolute Gasteiger partial charge is 0.455 e. The van der Waals surface area contributed by atoms with Crippen molar-refractivity contribution in [1.82, 2.24) is 10.2 Å².